The zero-order valence-electron chi connectivity index (χ0n) is 55.8. The Morgan fingerprint density at radius 2 is 0.871 bits per heavy atom. The fourth-order valence-electron chi connectivity index (χ4n) is 17.7. The molecule has 2 aliphatic heterocycles. The molecule has 0 atom stereocenters. The molecule has 3 heterocycles. The van der Waals surface area contributed by atoms with Crippen LogP contribution >= 0.6 is 11.3 Å². The third-order valence-electron chi connectivity index (χ3n) is 24.0. The molecule has 0 spiro atoms. The highest BCUT2D eigenvalue weighted by Gasteiger charge is 2.50. The molecule has 0 radical (unpaired) electrons. The Labute approximate surface area is 517 Å². The minimum Gasteiger partial charge on any atom is -0.338 e. The highest BCUT2D eigenvalue weighted by Crippen LogP contribution is 2.57. The van der Waals surface area contributed by atoms with Gasteiger partial charge in [-0.3, -0.25) is 0 Å². The Balaban J connectivity index is 1.14. The number of thiophene rings is 1. The van der Waals surface area contributed by atoms with E-state index >= 15 is 0 Å². The Bertz CT molecular complexity index is 3900. The van der Waals surface area contributed by atoms with E-state index in [1.165, 1.54) is 194 Å². The van der Waals surface area contributed by atoms with Crippen molar-refractivity contribution >= 4 is 89.3 Å². The lowest BCUT2D eigenvalue weighted by molar-refractivity contribution is 0.332. The van der Waals surface area contributed by atoms with E-state index in [0.29, 0.717) is 6.04 Å². The van der Waals surface area contributed by atoms with Crippen LogP contribution in [0.3, 0.4) is 0 Å². The summed E-state index contributed by atoms with van der Waals surface area (Å²) in [6.07, 6.45) is 15.7. The number of fused-ring (bicyclic) bond motifs is 10. The Morgan fingerprint density at radius 3 is 1.41 bits per heavy atom. The van der Waals surface area contributed by atoms with Gasteiger partial charge in [0.2, 0.25) is 0 Å². The van der Waals surface area contributed by atoms with Crippen molar-refractivity contribution in [1.29, 1.82) is 0 Å². The van der Waals surface area contributed by atoms with Crippen LogP contribution in [0.2, 0.25) is 0 Å². The maximum Gasteiger partial charge on any atom is 0.264 e. The molecule has 3 nitrogen and oxygen atoms in total. The molecule has 1 saturated carbocycles. The maximum atomic E-state index is 2.89. The predicted molar refractivity (Wildman–Crippen MR) is 371 cm³/mol. The minimum absolute atomic E-state index is 0.0196. The van der Waals surface area contributed by atoms with Crippen molar-refractivity contribution < 1.29 is 0 Å². The van der Waals surface area contributed by atoms with E-state index in [4.69, 9.17) is 0 Å². The van der Waals surface area contributed by atoms with Crippen LogP contribution in [0.1, 0.15) is 265 Å². The zero-order chi connectivity index (χ0) is 60.3. The van der Waals surface area contributed by atoms with Crippen LogP contribution in [-0.2, 0) is 48.7 Å². The molecule has 14 rings (SSSR count). The van der Waals surface area contributed by atoms with Crippen LogP contribution in [0.5, 0.6) is 0 Å². The first-order chi connectivity index (χ1) is 39.7. The van der Waals surface area contributed by atoms with Crippen LogP contribution in [0.15, 0.2) is 97.1 Å². The molecule has 7 aliphatic rings. The molecule has 85 heavy (non-hydrogen) atoms. The van der Waals surface area contributed by atoms with Crippen molar-refractivity contribution in [2.75, 3.05) is 14.7 Å². The van der Waals surface area contributed by atoms with Crippen LogP contribution in [0, 0.1) is 0 Å². The van der Waals surface area contributed by atoms with Gasteiger partial charge in [0.25, 0.3) is 6.71 Å². The number of nitrogens with zero attached hydrogens (tertiary/aromatic N) is 3. The van der Waals surface area contributed by atoms with Gasteiger partial charge in [0, 0.05) is 60.7 Å². The summed E-state index contributed by atoms with van der Waals surface area (Å²) < 4.78 is 2.91. The molecule has 1 aromatic heterocycles. The molecule has 0 N–H and O–H groups in total. The topological polar surface area (TPSA) is 9.72 Å². The van der Waals surface area contributed by atoms with Crippen LogP contribution in [-0.4, -0.2) is 12.8 Å². The minimum atomic E-state index is 0.0196. The summed E-state index contributed by atoms with van der Waals surface area (Å²) in [6.45, 7) is 47.4. The van der Waals surface area contributed by atoms with Crippen molar-refractivity contribution in [1.82, 2.24) is 0 Å². The number of hydrogen-bond donors (Lipinski definition) is 0. The standard InChI is InChI=1S/C80H100BN3S/c1-72(2,3)49-25-27-51(28-26-49)84-67-44-54(82(50-23-21-20-22-24-50)52-29-31-56-58(41-52)75(8,9)35-33-73(56,4)5)43-66-69(67)81(71-70(84)55-45-60-63(48-68(55)85-71)80(18,19)40-37-77(60,12)13)64-46-61-62(79(16,17)39-38-78(61,14)15)47-65(64)83(66)53-30-32-57-59(42-53)76(10,11)36-34-74(57,6)7/h25-32,41-48,50H,20-24,33-40H2,1-19H3. The van der Waals surface area contributed by atoms with E-state index in [2.05, 4.69) is 255 Å². The van der Waals surface area contributed by atoms with Gasteiger partial charge in [0.05, 0.1) is 5.69 Å². The summed E-state index contributed by atoms with van der Waals surface area (Å²) in [7, 11) is 0. The molecular formula is C80H100BN3S. The first-order valence-corrected chi connectivity index (χ1v) is 34.3. The van der Waals surface area contributed by atoms with Crippen molar-refractivity contribution in [3.8, 4) is 0 Å². The lowest BCUT2D eigenvalue weighted by Gasteiger charge is -2.48. The second-order valence-electron chi connectivity index (χ2n) is 34.7. The second-order valence-corrected chi connectivity index (χ2v) is 35.7. The number of anilines is 8. The highest BCUT2D eigenvalue weighted by atomic mass is 32.1. The van der Waals surface area contributed by atoms with E-state index in [1.807, 2.05) is 0 Å². The van der Waals surface area contributed by atoms with Crippen molar-refractivity contribution in [3.05, 3.63) is 147 Å². The Morgan fingerprint density at radius 1 is 0.424 bits per heavy atom. The average Bonchev–Trinajstić information content (AvgIpc) is 1.69. The normalized spacial score (nSPS) is 22.3. The van der Waals surface area contributed by atoms with Gasteiger partial charge in [0.1, 0.15) is 0 Å². The van der Waals surface area contributed by atoms with Gasteiger partial charge < -0.3 is 14.7 Å². The first kappa shape index (κ1) is 57.5. The molecular weight excluding hydrogens is 1050 g/mol. The molecule has 0 amide bonds. The summed E-state index contributed by atoms with van der Waals surface area (Å²) in [6, 6.07) is 42.1. The molecule has 444 valence electrons. The summed E-state index contributed by atoms with van der Waals surface area (Å²) in [5.41, 5.74) is 27.8. The van der Waals surface area contributed by atoms with Gasteiger partial charge in [-0.05, 0) is 241 Å². The average molecular weight is 1150 g/mol. The lowest BCUT2D eigenvalue weighted by Crippen LogP contribution is -2.61. The third kappa shape index (κ3) is 8.86. The van der Waals surface area contributed by atoms with Crippen LogP contribution < -0.4 is 30.4 Å². The fourth-order valence-corrected chi connectivity index (χ4v) is 19.1. The predicted octanol–water partition coefficient (Wildman–Crippen LogP) is 21.1. The van der Waals surface area contributed by atoms with Crippen molar-refractivity contribution in [3.63, 3.8) is 0 Å². The summed E-state index contributed by atoms with van der Waals surface area (Å²) in [4.78, 5) is 8.51. The highest BCUT2D eigenvalue weighted by molar-refractivity contribution is 7.33. The maximum absolute atomic E-state index is 2.89. The molecule has 7 aromatic rings. The fraction of sp³-hybridized carbons (Fsp3) is 0.525. The van der Waals surface area contributed by atoms with Crippen LogP contribution in [0.25, 0.3) is 10.1 Å². The number of benzene rings is 6. The molecule has 1 fully saturated rings. The van der Waals surface area contributed by atoms with Gasteiger partial charge in [-0.1, -0.05) is 181 Å². The number of rotatable bonds is 5. The van der Waals surface area contributed by atoms with E-state index < -0.39 is 0 Å². The number of hydrogen-bond acceptors (Lipinski definition) is 4. The largest absolute Gasteiger partial charge is 0.338 e. The molecule has 5 aliphatic carbocycles. The summed E-state index contributed by atoms with van der Waals surface area (Å²) in [5, 5.41) is 1.41. The lowest BCUT2D eigenvalue weighted by atomic mass is 9.35. The summed E-state index contributed by atoms with van der Waals surface area (Å²) in [5.74, 6) is 0. The first-order valence-electron chi connectivity index (χ1n) is 33.5. The molecule has 0 saturated heterocycles. The quantitative estimate of drug-likeness (QED) is 0.159. The summed E-state index contributed by atoms with van der Waals surface area (Å²) >= 11 is 2.11. The monoisotopic (exact) mass is 1150 g/mol. The molecule has 5 heteroatoms. The Hall–Kier alpha value is -5.26. The van der Waals surface area contributed by atoms with Gasteiger partial charge in [-0.2, -0.15) is 0 Å². The van der Waals surface area contributed by atoms with Crippen molar-refractivity contribution in [2.45, 2.75) is 270 Å². The molecule has 6 aromatic carbocycles. The third-order valence-corrected chi connectivity index (χ3v) is 25.2. The van der Waals surface area contributed by atoms with Gasteiger partial charge >= 0.3 is 0 Å². The van der Waals surface area contributed by atoms with E-state index in [0.717, 1.165) is 0 Å². The van der Waals surface area contributed by atoms with Crippen LogP contribution in [0.4, 0.5) is 45.5 Å². The van der Waals surface area contributed by atoms with Gasteiger partial charge in [-0.25, -0.2) is 0 Å². The molecule has 0 bridgehead atoms. The Kier molecular flexibility index (Phi) is 12.6. The van der Waals surface area contributed by atoms with Crippen molar-refractivity contribution in [2.24, 2.45) is 0 Å². The zero-order valence-corrected chi connectivity index (χ0v) is 56.7. The van der Waals surface area contributed by atoms with Gasteiger partial charge in [-0.15, -0.1) is 11.3 Å². The van der Waals surface area contributed by atoms with E-state index in [-0.39, 0.29) is 55.4 Å². The molecule has 0 unspecified atom stereocenters. The van der Waals surface area contributed by atoms with E-state index in [1.54, 1.807) is 11.1 Å². The smallest absolute Gasteiger partial charge is 0.264 e. The van der Waals surface area contributed by atoms with E-state index in [9.17, 15) is 0 Å². The van der Waals surface area contributed by atoms with Gasteiger partial charge in [0.15, 0.2) is 0 Å². The SMILES string of the molecule is CC(C)(C)c1ccc(N2c3cc(N(c4ccc5c(c4)C(C)(C)CCC5(C)C)C4CCCCC4)cc4c3B(c3cc5c(cc3N4c3ccc4c(c3)C(C)(C)CCC4(C)C)C(C)(C)CCC5(C)C)c3sc4cc5c(cc4c32)C(C)(C)CCC5(C)C)cc1. The second kappa shape index (κ2) is 18.7.